The van der Waals surface area contributed by atoms with E-state index in [0.29, 0.717) is 0 Å². The predicted octanol–water partition coefficient (Wildman–Crippen LogP) is 3.72. The Hall–Kier alpha value is -4.58. The van der Waals surface area contributed by atoms with Crippen LogP contribution in [-0.4, -0.2) is 124 Å². The highest BCUT2D eigenvalue weighted by Crippen LogP contribution is 2.64. The van der Waals surface area contributed by atoms with Crippen molar-refractivity contribution in [2.75, 3.05) is 13.7 Å². The number of methoxy groups -OCH3 is 1. The van der Waals surface area contributed by atoms with E-state index in [1.165, 1.54) is 39.8 Å². The molecule has 2 bridgehead atoms. The Morgan fingerprint density at radius 1 is 0.967 bits per heavy atom. The van der Waals surface area contributed by atoms with Gasteiger partial charge in [-0.1, -0.05) is 52.8 Å². The van der Waals surface area contributed by atoms with Crippen molar-refractivity contribution in [2.45, 2.75) is 148 Å². The summed E-state index contributed by atoms with van der Waals surface area (Å²) in [6, 6.07) is 6.50. The molecule has 17 heteroatoms. The molecular weight excluding hydrogens is 786 g/mol. The summed E-state index contributed by atoms with van der Waals surface area (Å²) in [6.45, 7) is 16.6. The Balaban J connectivity index is 1.74. The number of hydrogen-bond acceptors (Lipinski definition) is 16. The van der Waals surface area contributed by atoms with Crippen molar-refractivity contribution in [2.24, 2.45) is 22.2 Å². The zero-order chi connectivity index (χ0) is 45.1. The van der Waals surface area contributed by atoms with E-state index in [4.69, 9.17) is 33.2 Å². The van der Waals surface area contributed by atoms with E-state index in [9.17, 15) is 39.3 Å². The van der Waals surface area contributed by atoms with Crippen LogP contribution in [0.2, 0.25) is 0 Å². The molecule has 11 atom stereocenters. The molecule has 332 valence electrons. The number of benzene rings is 1. The normalized spacial score (nSPS) is 33.1. The molecule has 3 aliphatic carbocycles. The van der Waals surface area contributed by atoms with Crippen LogP contribution in [0.4, 0.5) is 9.59 Å². The number of aliphatic hydroxyl groups excluding tert-OH is 2. The van der Waals surface area contributed by atoms with E-state index >= 15 is 4.79 Å². The van der Waals surface area contributed by atoms with E-state index in [2.05, 4.69) is 5.32 Å². The SMILES string of the molecule is COC(=O)O[C@@]12CO[C@@H]1C[C@H](O)[C@@]1(C)C(=O)[C@H](OC(C)=O)C3=C(C)[C@H](OC(=O)[C@@H](O)[C@@H](NC(=O)OC(C)(C)C)C(C)(C)C)C[C@@](O)([C@@H](OC(=O)c4ccccc4)C12)C3(C)C. The second-order valence-corrected chi connectivity index (χ2v) is 19.1. The van der Waals surface area contributed by atoms with Crippen LogP contribution in [0.25, 0.3) is 0 Å². The van der Waals surface area contributed by atoms with Gasteiger partial charge in [0.15, 0.2) is 23.6 Å². The molecule has 3 fully saturated rings. The number of Topliss-reactive ketones (excluding diaryl/α,β-unsaturated/α-hetero) is 1. The molecule has 17 nitrogen and oxygen atoms in total. The molecule has 60 heavy (non-hydrogen) atoms. The number of carbonyl (C=O) groups excluding carboxylic acids is 6. The monoisotopic (exact) mass is 845 g/mol. The lowest BCUT2D eigenvalue weighted by atomic mass is 9.44. The van der Waals surface area contributed by atoms with Gasteiger partial charge >= 0.3 is 30.2 Å². The van der Waals surface area contributed by atoms with Crippen molar-refractivity contribution in [3.05, 3.63) is 47.0 Å². The lowest BCUT2D eigenvalue weighted by Crippen LogP contribution is -2.82. The minimum Gasteiger partial charge on any atom is -0.456 e. The summed E-state index contributed by atoms with van der Waals surface area (Å²) in [7, 11) is 1.07. The largest absolute Gasteiger partial charge is 0.508 e. The molecule has 0 aromatic heterocycles. The minimum absolute atomic E-state index is 0.0226. The molecule has 0 spiro atoms. The van der Waals surface area contributed by atoms with Crippen molar-refractivity contribution in [3.63, 3.8) is 0 Å². The van der Waals surface area contributed by atoms with Crippen molar-refractivity contribution in [1.82, 2.24) is 5.32 Å². The molecule has 1 amide bonds. The third-order valence-corrected chi connectivity index (χ3v) is 12.7. The van der Waals surface area contributed by atoms with Crippen molar-refractivity contribution in [3.8, 4) is 0 Å². The summed E-state index contributed by atoms with van der Waals surface area (Å²) in [5.74, 6) is -5.62. The van der Waals surface area contributed by atoms with Crippen molar-refractivity contribution < 1.29 is 77.2 Å². The first-order valence-corrected chi connectivity index (χ1v) is 19.9. The molecule has 1 aliphatic heterocycles. The number of carbonyl (C=O) groups is 6. The van der Waals surface area contributed by atoms with Crippen LogP contribution in [0, 0.1) is 22.2 Å². The van der Waals surface area contributed by atoms with Crippen LogP contribution in [0.3, 0.4) is 0 Å². The number of esters is 3. The van der Waals surface area contributed by atoms with E-state index in [0.717, 1.165) is 14.0 Å². The van der Waals surface area contributed by atoms with Gasteiger partial charge in [-0.25, -0.2) is 19.2 Å². The second kappa shape index (κ2) is 16.0. The number of alkyl carbamates (subject to hydrolysis) is 1. The van der Waals surface area contributed by atoms with Gasteiger partial charge in [-0.15, -0.1) is 0 Å². The highest BCUT2D eigenvalue weighted by Gasteiger charge is 2.78. The maximum atomic E-state index is 15.4. The Bertz CT molecular complexity index is 1910. The lowest BCUT2D eigenvalue weighted by molar-refractivity contribution is -0.344. The van der Waals surface area contributed by atoms with Gasteiger partial charge < -0.3 is 53.8 Å². The fraction of sp³-hybridized carbons (Fsp3) is 0.674. The molecule has 4 N–H and O–H groups in total. The Kier molecular flexibility index (Phi) is 12.4. The third kappa shape index (κ3) is 8.00. The first-order chi connectivity index (χ1) is 27.6. The summed E-state index contributed by atoms with van der Waals surface area (Å²) in [5.41, 5.74) is -9.78. The third-order valence-electron chi connectivity index (χ3n) is 12.7. The molecule has 1 unspecified atom stereocenters. The highest BCUT2D eigenvalue weighted by molar-refractivity contribution is 5.95. The number of amides is 1. The first kappa shape index (κ1) is 46.5. The van der Waals surface area contributed by atoms with Crippen LogP contribution < -0.4 is 5.32 Å². The topological polar surface area (TPSA) is 240 Å². The first-order valence-electron chi connectivity index (χ1n) is 19.9. The smallest absolute Gasteiger partial charge is 0.456 e. The molecule has 0 radical (unpaired) electrons. The standard InChI is InChI=1S/C43H59NO16/c1-21-24(57-35(50)28(47)31(38(3,4)5)44-36(51)59-39(6,7)8)19-43(53)33(58-34(49)23-16-14-13-15-17-23)30-41(11,32(48)29(56-22(2)45)27(21)40(43,9)10)25(46)18-26-42(30,20-55-26)60-37(52)54-12/h13-17,24-26,28-31,33,46-47,53H,18-20H2,1-12H3,(H,44,51)/t24-,25+,26-,28+,29-,30?,31-,33+,41-,42+,43-/m1/s1. The lowest BCUT2D eigenvalue weighted by Gasteiger charge is -2.67. The zero-order valence-electron chi connectivity index (χ0n) is 36.3. The molecule has 5 rings (SSSR count). The summed E-state index contributed by atoms with van der Waals surface area (Å²) in [5, 5.41) is 39.8. The van der Waals surface area contributed by atoms with Crippen molar-refractivity contribution >= 4 is 35.9 Å². The zero-order valence-corrected chi connectivity index (χ0v) is 36.3. The average molecular weight is 846 g/mol. The summed E-state index contributed by atoms with van der Waals surface area (Å²) < 4.78 is 40.3. The van der Waals surface area contributed by atoms with Gasteiger partial charge in [0.25, 0.3) is 0 Å². The fourth-order valence-corrected chi connectivity index (χ4v) is 9.50. The van der Waals surface area contributed by atoms with Gasteiger partial charge in [-0.2, -0.15) is 0 Å². The van der Waals surface area contributed by atoms with Crippen LogP contribution in [0.15, 0.2) is 41.5 Å². The van der Waals surface area contributed by atoms with E-state index in [-0.39, 0.29) is 29.7 Å². The van der Waals surface area contributed by atoms with Gasteiger partial charge in [0.2, 0.25) is 0 Å². The molecule has 2 saturated carbocycles. The Labute approximate surface area is 349 Å². The number of fused-ring (bicyclic) bond motifs is 5. The maximum absolute atomic E-state index is 15.4. The molecule has 1 saturated heterocycles. The van der Waals surface area contributed by atoms with Gasteiger partial charge in [0, 0.05) is 25.2 Å². The van der Waals surface area contributed by atoms with Gasteiger partial charge in [-0.05, 0) is 63.3 Å². The maximum Gasteiger partial charge on any atom is 0.508 e. The highest BCUT2D eigenvalue weighted by atomic mass is 16.8. The average Bonchev–Trinajstić information content (AvgIpc) is 3.13. The molecule has 1 aromatic rings. The number of aliphatic hydroxyl groups is 3. The fourth-order valence-electron chi connectivity index (χ4n) is 9.50. The molecule has 1 aromatic carbocycles. The van der Waals surface area contributed by atoms with Crippen LogP contribution in [-0.2, 0) is 47.5 Å². The number of ketones is 1. The number of rotatable bonds is 8. The minimum atomic E-state index is -2.42. The van der Waals surface area contributed by atoms with E-state index in [1.807, 2.05) is 0 Å². The second-order valence-electron chi connectivity index (χ2n) is 19.1. The van der Waals surface area contributed by atoms with E-state index in [1.54, 1.807) is 59.7 Å². The molecule has 1 heterocycles. The predicted molar refractivity (Wildman–Crippen MR) is 209 cm³/mol. The van der Waals surface area contributed by atoms with Crippen LogP contribution >= 0.6 is 0 Å². The van der Waals surface area contributed by atoms with E-state index < -0.39 is 124 Å². The summed E-state index contributed by atoms with van der Waals surface area (Å²) in [4.78, 5) is 82.7. The van der Waals surface area contributed by atoms with Gasteiger partial charge in [-0.3, -0.25) is 9.59 Å². The molecule has 4 aliphatic rings. The van der Waals surface area contributed by atoms with Crippen LogP contribution in [0.5, 0.6) is 0 Å². The number of hydrogen-bond donors (Lipinski definition) is 4. The van der Waals surface area contributed by atoms with Gasteiger partial charge in [0.1, 0.15) is 29.5 Å². The molecular formula is C43H59NO16. The summed E-state index contributed by atoms with van der Waals surface area (Å²) >= 11 is 0. The summed E-state index contributed by atoms with van der Waals surface area (Å²) in [6.07, 6.45) is -12.8. The van der Waals surface area contributed by atoms with Crippen molar-refractivity contribution in [1.29, 1.82) is 0 Å². The Morgan fingerprint density at radius 3 is 2.10 bits per heavy atom. The quantitative estimate of drug-likeness (QED) is 0.166. The Morgan fingerprint density at radius 2 is 1.58 bits per heavy atom. The number of ether oxygens (including phenoxy) is 7. The van der Waals surface area contributed by atoms with Crippen LogP contribution in [0.1, 0.15) is 99.4 Å². The number of nitrogens with one attached hydrogen (secondary N) is 1. The van der Waals surface area contributed by atoms with Gasteiger partial charge in [0.05, 0.1) is 42.8 Å².